The second-order valence-electron chi connectivity index (χ2n) is 5.53. The largest absolute Gasteiger partial charge is 0.271 e. The molecule has 1 aromatic heterocycles. The van der Waals surface area contributed by atoms with Crippen LogP contribution in [0.5, 0.6) is 0 Å². The number of thiazole rings is 1. The molecule has 4 heteroatoms. The van der Waals surface area contributed by atoms with Gasteiger partial charge in [0.2, 0.25) is 0 Å². The zero-order valence-electron chi connectivity index (χ0n) is 11.7. The van der Waals surface area contributed by atoms with Crippen LogP contribution in [0.2, 0.25) is 0 Å². The van der Waals surface area contributed by atoms with Crippen LogP contribution in [-0.4, -0.2) is 4.98 Å². The summed E-state index contributed by atoms with van der Waals surface area (Å²) in [6, 6.07) is 0.297. The number of hydrogen-bond donors (Lipinski definition) is 2. The van der Waals surface area contributed by atoms with Gasteiger partial charge in [0.25, 0.3) is 0 Å². The van der Waals surface area contributed by atoms with Crippen LogP contribution >= 0.6 is 11.3 Å². The molecule has 3 nitrogen and oxygen atoms in total. The highest BCUT2D eigenvalue weighted by atomic mass is 32.1. The Kier molecular flexibility index (Phi) is 4.76. The molecule has 0 amide bonds. The molecule has 1 saturated carbocycles. The predicted octanol–water partition coefficient (Wildman–Crippen LogP) is 3.48. The molecular weight excluding hydrogens is 242 g/mol. The van der Waals surface area contributed by atoms with Gasteiger partial charge in [-0.1, -0.05) is 26.2 Å². The SMILES string of the molecule is CCC1CCCC(C(NN)c2sc(C)nc2C)C1. The lowest BCUT2D eigenvalue weighted by atomic mass is 9.76. The second-order valence-corrected chi connectivity index (χ2v) is 6.76. The third kappa shape index (κ3) is 2.92. The molecule has 0 spiro atoms. The molecule has 102 valence electrons. The Balaban J connectivity index is 2.15. The van der Waals surface area contributed by atoms with Gasteiger partial charge in [-0.05, 0) is 38.5 Å². The van der Waals surface area contributed by atoms with Crippen molar-refractivity contribution in [1.29, 1.82) is 0 Å². The van der Waals surface area contributed by atoms with Crippen molar-refractivity contribution in [1.82, 2.24) is 10.4 Å². The van der Waals surface area contributed by atoms with Gasteiger partial charge in [-0.3, -0.25) is 11.3 Å². The fraction of sp³-hybridized carbons (Fsp3) is 0.786. The first-order valence-corrected chi connectivity index (χ1v) is 7.87. The van der Waals surface area contributed by atoms with Crippen LogP contribution in [0.3, 0.4) is 0 Å². The molecule has 1 fully saturated rings. The fourth-order valence-corrected chi connectivity index (χ4v) is 4.35. The molecule has 1 aliphatic rings. The van der Waals surface area contributed by atoms with Gasteiger partial charge in [0.1, 0.15) is 0 Å². The van der Waals surface area contributed by atoms with Crippen molar-refractivity contribution in [3.05, 3.63) is 15.6 Å². The van der Waals surface area contributed by atoms with Crippen LogP contribution in [0.4, 0.5) is 0 Å². The number of rotatable bonds is 4. The van der Waals surface area contributed by atoms with Crippen molar-refractivity contribution in [2.45, 2.75) is 58.9 Å². The van der Waals surface area contributed by atoms with Crippen molar-refractivity contribution in [2.24, 2.45) is 17.7 Å². The van der Waals surface area contributed by atoms with Gasteiger partial charge in [0.15, 0.2) is 0 Å². The van der Waals surface area contributed by atoms with E-state index >= 15 is 0 Å². The Morgan fingerprint density at radius 2 is 2.22 bits per heavy atom. The molecule has 0 saturated heterocycles. The molecule has 3 atom stereocenters. The lowest BCUT2D eigenvalue weighted by Crippen LogP contribution is -2.35. The minimum atomic E-state index is 0.297. The molecule has 1 aliphatic carbocycles. The van der Waals surface area contributed by atoms with E-state index in [4.69, 9.17) is 5.84 Å². The lowest BCUT2D eigenvalue weighted by molar-refractivity contribution is 0.211. The van der Waals surface area contributed by atoms with Gasteiger partial charge in [-0.2, -0.15) is 0 Å². The summed E-state index contributed by atoms with van der Waals surface area (Å²) in [6.07, 6.45) is 6.64. The van der Waals surface area contributed by atoms with Gasteiger partial charge < -0.3 is 0 Å². The van der Waals surface area contributed by atoms with Crippen LogP contribution < -0.4 is 11.3 Å². The van der Waals surface area contributed by atoms with Crippen LogP contribution in [-0.2, 0) is 0 Å². The van der Waals surface area contributed by atoms with E-state index in [0.29, 0.717) is 12.0 Å². The standard InChI is InChI=1S/C14H25N3S/c1-4-11-6-5-7-12(8-11)13(17-15)14-9(2)16-10(3)18-14/h11-13,17H,4-8,15H2,1-3H3. The molecule has 0 aromatic carbocycles. The summed E-state index contributed by atoms with van der Waals surface area (Å²) in [7, 11) is 0. The summed E-state index contributed by atoms with van der Waals surface area (Å²) in [5.41, 5.74) is 4.21. The van der Waals surface area contributed by atoms with Crippen LogP contribution in [0.15, 0.2) is 0 Å². The Morgan fingerprint density at radius 1 is 1.44 bits per heavy atom. The maximum atomic E-state index is 5.83. The molecule has 0 radical (unpaired) electrons. The van der Waals surface area contributed by atoms with Crippen molar-refractivity contribution < 1.29 is 0 Å². The Hall–Kier alpha value is -0.450. The average molecular weight is 267 g/mol. The van der Waals surface area contributed by atoms with Gasteiger partial charge in [-0.25, -0.2) is 4.98 Å². The fourth-order valence-electron chi connectivity index (χ4n) is 3.27. The average Bonchev–Trinajstić information content (AvgIpc) is 2.70. The van der Waals surface area contributed by atoms with Crippen molar-refractivity contribution in [3.8, 4) is 0 Å². The molecule has 1 heterocycles. The highest BCUT2D eigenvalue weighted by Gasteiger charge is 2.30. The third-order valence-electron chi connectivity index (χ3n) is 4.27. The highest BCUT2D eigenvalue weighted by molar-refractivity contribution is 7.11. The lowest BCUT2D eigenvalue weighted by Gasteiger charge is -2.33. The molecule has 2 rings (SSSR count). The highest BCUT2D eigenvalue weighted by Crippen LogP contribution is 2.40. The van der Waals surface area contributed by atoms with E-state index < -0.39 is 0 Å². The number of nitrogens with zero attached hydrogens (tertiary/aromatic N) is 1. The maximum Gasteiger partial charge on any atom is 0.0900 e. The zero-order valence-corrected chi connectivity index (χ0v) is 12.5. The molecule has 1 aromatic rings. The minimum absolute atomic E-state index is 0.297. The van der Waals surface area contributed by atoms with Crippen LogP contribution in [0.25, 0.3) is 0 Å². The third-order valence-corrected chi connectivity index (χ3v) is 5.43. The van der Waals surface area contributed by atoms with E-state index in [-0.39, 0.29) is 0 Å². The molecule has 3 unspecified atom stereocenters. The normalized spacial score (nSPS) is 26.2. The van der Waals surface area contributed by atoms with Crippen LogP contribution in [0.1, 0.15) is 60.6 Å². The molecule has 18 heavy (non-hydrogen) atoms. The summed E-state index contributed by atoms with van der Waals surface area (Å²) >= 11 is 1.80. The van der Waals surface area contributed by atoms with Gasteiger partial charge >= 0.3 is 0 Å². The Morgan fingerprint density at radius 3 is 2.78 bits per heavy atom. The van der Waals surface area contributed by atoms with Crippen molar-refractivity contribution >= 4 is 11.3 Å². The quantitative estimate of drug-likeness (QED) is 0.648. The second kappa shape index (κ2) is 6.13. The number of aryl methyl sites for hydroxylation is 2. The van der Waals surface area contributed by atoms with Crippen molar-refractivity contribution in [3.63, 3.8) is 0 Å². The Labute approximate surface area is 114 Å². The predicted molar refractivity (Wildman–Crippen MR) is 77.4 cm³/mol. The summed E-state index contributed by atoms with van der Waals surface area (Å²) in [6.45, 7) is 6.48. The first-order chi connectivity index (χ1) is 8.65. The van der Waals surface area contributed by atoms with E-state index in [1.54, 1.807) is 11.3 Å². The van der Waals surface area contributed by atoms with E-state index in [9.17, 15) is 0 Å². The van der Waals surface area contributed by atoms with Gasteiger partial charge in [0.05, 0.1) is 16.7 Å². The van der Waals surface area contributed by atoms with Gasteiger partial charge in [-0.15, -0.1) is 11.3 Å². The first-order valence-electron chi connectivity index (χ1n) is 7.05. The van der Waals surface area contributed by atoms with E-state index in [1.165, 1.54) is 37.0 Å². The maximum absolute atomic E-state index is 5.83. The topological polar surface area (TPSA) is 50.9 Å². The molecule has 3 N–H and O–H groups in total. The number of hydrogen-bond acceptors (Lipinski definition) is 4. The summed E-state index contributed by atoms with van der Waals surface area (Å²) in [5.74, 6) is 7.39. The smallest absolute Gasteiger partial charge is 0.0900 e. The van der Waals surface area contributed by atoms with E-state index in [0.717, 1.165) is 16.6 Å². The van der Waals surface area contributed by atoms with Gasteiger partial charge in [0, 0.05) is 4.88 Å². The number of hydrazine groups is 1. The van der Waals surface area contributed by atoms with Crippen molar-refractivity contribution in [2.75, 3.05) is 0 Å². The first kappa shape index (κ1) is 14.0. The Bertz CT molecular complexity index is 388. The number of nitrogens with two attached hydrogens (primary N) is 1. The summed E-state index contributed by atoms with van der Waals surface area (Å²) in [4.78, 5) is 5.88. The summed E-state index contributed by atoms with van der Waals surface area (Å²) in [5, 5.41) is 1.14. The van der Waals surface area contributed by atoms with E-state index in [1.807, 2.05) is 0 Å². The molecular formula is C14H25N3S. The number of aromatic nitrogens is 1. The van der Waals surface area contributed by atoms with Crippen LogP contribution in [0, 0.1) is 25.7 Å². The molecule has 0 bridgehead atoms. The molecule has 0 aliphatic heterocycles. The monoisotopic (exact) mass is 267 g/mol. The minimum Gasteiger partial charge on any atom is -0.271 e. The summed E-state index contributed by atoms with van der Waals surface area (Å²) < 4.78 is 0. The number of nitrogens with one attached hydrogen (secondary N) is 1. The van der Waals surface area contributed by atoms with E-state index in [2.05, 4.69) is 31.2 Å². The zero-order chi connectivity index (χ0) is 13.1.